The van der Waals surface area contributed by atoms with Gasteiger partial charge in [-0.15, -0.1) is 0 Å². The van der Waals surface area contributed by atoms with Gasteiger partial charge in [0, 0.05) is 11.4 Å². The maximum Gasteiger partial charge on any atom is 0.311 e. The summed E-state index contributed by atoms with van der Waals surface area (Å²) in [6.45, 7) is 0. The molecule has 0 saturated heterocycles. The quantitative estimate of drug-likeness (QED) is 0.518. The van der Waals surface area contributed by atoms with Crippen LogP contribution in [-0.4, -0.2) is 9.91 Å². The number of nitrogens with one attached hydrogen (secondary N) is 1. The van der Waals surface area contributed by atoms with Crippen molar-refractivity contribution in [2.24, 2.45) is 0 Å². The minimum Gasteiger partial charge on any atom is -0.334 e. The van der Waals surface area contributed by atoms with Crippen molar-refractivity contribution in [2.45, 2.75) is 0 Å². The Morgan fingerprint density at radius 2 is 2.25 bits per heavy atom. The summed E-state index contributed by atoms with van der Waals surface area (Å²) in [5.41, 5.74) is 0.651. The molecular formula is C9H6ClN3O2S. The summed E-state index contributed by atoms with van der Waals surface area (Å²) in [5, 5.41) is 17.5. The molecule has 1 N–H and O–H groups in total. The van der Waals surface area contributed by atoms with Gasteiger partial charge in [0.05, 0.1) is 10.6 Å². The van der Waals surface area contributed by atoms with Crippen LogP contribution >= 0.6 is 22.9 Å². The monoisotopic (exact) mass is 255 g/mol. The highest BCUT2D eigenvalue weighted by atomic mass is 35.5. The number of halogens is 1. The first kappa shape index (κ1) is 10.8. The number of pyridine rings is 1. The molecule has 0 aliphatic heterocycles. The van der Waals surface area contributed by atoms with E-state index in [-0.39, 0.29) is 16.7 Å². The molecule has 0 saturated carbocycles. The highest BCUT2D eigenvalue weighted by Gasteiger charge is 2.15. The van der Waals surface area contributed by atoms with Gasteiger partial charge < -0.3 is 5.32 Å². The molecule has 2 rings (SSSR count). The Morgan fingerprint density at radius 1 is 1.44 bits per heavy atom. The van der Waals surface area contributed by atoms with Gasteiger partial charge in [-0.2, -0.15) is 11.3 Å². The fourth-order valence-corrected chi connectivity index (χ4v) is 1.87. The van der Waals surface area contributed by atoms with Crippen molar-refractivity contribution in [3.8, 4) is 0 Å². The second-order valence-corrected chi connectivity index (χ2v) is 4.06. The van der Waals surface area contributed by atoms with E-state index in [2.05, 4.69) is 10.3 Å². The van der Waals surface area contributed by atoms with Gasteiger partial charge in [0.15, 0.2) is 0 Å². The van der Waals surface area contributed by atoms with Crippen molar-refractivity contribution in [1.29, 1.82) is 0 Å². The van der Waals surface area contributed by atoms with Gasteiger partial charge in [0.1, 0.15) is 5.15 Å². The van der Waals surface area contributed by atoms with Crippen LogP contribution in [0.3, 0.4) is 0 Å². The number of rotatable bonds is 3. The van der Waals surface area contributed by atoms with Crippen LogP contribution in [0.15, 0.2) is 29.0 Å². The maximum absolute atomic E-state index is 10.7. The highest BCUT2D eigenvalue weighted by molar-refractivity contribution is 7.08. The smallest absolute Gasteiger partial charge is 0.311 e. The summed E-state index contributed by atoms with van der Waals surface area (Å²) in [5.74, 6) is 0.149. The lowest BCUT2D eigenvalue weighted by Crippen LogP contribution is -1.98. The van der Waals surface area contributed by atoms with Crippen molar-refractivity contribution in [2.75, 3.05) is 5.32 Å². The second-order valence-electron chi connectivity index (χ2n) is 2.90. The molecule has 0 bridgehead atoms. The zero-order chi connectivity index (χ0) is 11.5. The molecule has 2 aromatic heterocycles. The van der Waals surface area contributed by atoms with Crippen molar-refractivity contribution in [1.82, 2.24) is 4.98 Å². The lowest BCUT2D eigenvalue weighted by molar-refractivity contribution is -0.384. The standard InChI is InChI=1S/C9H6ClN3O2S/c10-8-2-1-7(13(14)15)9(12-8)11-6-3-4-16-5-6/h1-5H,(H,11,12). The number of hydrogen-bond donors (Lipinski definition) is 1. The van der Waals surface area contributed by atoms with Crippen molar-refractivity contribution in [3.63, 3.8) is 0 Å². The van der Waals surface area contributed by atoms with Crippen LogP contribution in [0.4, 0.5) is 17.2 Å². The fraction of sp³-hybridized carbons (Fsp3) is 0. The molecule has 0 spiro atoms. The molecule has 0 atom stereocenters. The molecule has 2 aromatic rings. The topological polar surface area (TPSA) is 68.1 Å². The SMILES string of the molecule is O=[N+]([O-])c1ccc(Cl)nc1Nc1ccsc1. The Hall–Kier alpha value is -1.66. The predicted octanol–water partition coefficient (Wildman–Crippen LogP) is 3.45. The molecule has 0 fully saturated rings. The van der Waals surface area contributed by atoms with Gasteiger partial charge in [0.2, 0.25) is 5.82 Å². The summed E-state index contributed by atoms with van der Waals surface area (Å²) in [6, 6.07) is 4.51. The van der Waals surface area contributed by atoms with E-state index in [0.29, 0.717) is 0 Å². The van der Waals surface area contributed by atoms with Gasteiger partial charge >= 0.3 is 5.69 Å². The van der Waals surface area contributed by atoms with Crippen LogP contribution in [0.25, 0.3) is 0 Å². The molecule has 0 aliphatic rings. The number of nitro groups is 1. The van der Waals surface area contributed by atoms with E-state index in [4.69, 9.17) is 11.6 Å². The van der Waals surface area contributed by atoms with E-state index in [1.54, 1.807) is 6.07 Å². The zero-order valence-electron chi connectivity index (χ0n) is 7.88. The second kappa shape index (κ2) is 4.46. The average Bonchev–Trinajstić information content (AvgIpc) is 2.70. The fourth-order valence-electron chi connectivity index (χ4n) is 1.14. The first-order chi connectivity index (χ1) is 7.66. The van der Waals surface area contributed by atoms with Crippen LogP contribution in [0, 0.1) is 10.1 Å². The van der Waals surface area contributed by atoms with E-state index in [1.165, 1.54) is 23.5 Å². The normalized spacial score (nSPS) is 10.1. The Kier molecular flexibility index (Phi) is 3.02. The first-order valence-electron chi connectivity index (χ1n) is 4.27. The van der Waals surface area contributed by atoms with Crippen LogP contribution in [0.1, 0.15) is 0 Å². The molecule has 0 aliphatic carbocycles. The predicted molar refractivity (Wildman–Crippen MR) is 63.5 cm³/mol. The average molecular weight is 256 g/mol. The lowest BCUT2D eigenvalue weighted by Gasteiger charge is -2.03. The van der Waals surface area contributed by atoms with Gasteiger partial charge in [0.25, 0.3) is 0 Å². The highest BCUT2D eigenvalue weighted by Crippen LogP contribution is 2.27. The van der Waals surface area contributed by atoms with Gasteiger partial charge in [-0.3, -0.25) is 10.1 Å². The number of hydrogen-bond acceptors (Lipinski definition) is 5. The van der Waals surface area contributed by atoms with Crippen molar-refractivity contribution < 1.29 is 4.92 Å². The van der Waals surface area contributed by atoms with Crippen LogP contribution in [0.2, 0.25) is 5.15 Å². The molecule has 0 radical (unpaired) electrons. The van der Waals surface area contributed by atoms with Crippen LogP contribution < -0.4 is 5.32 Å². The summed E-state index contributed by atoms with van der Waals surface area (Å²) >= 11 is 7.17. The van der Waals surface area contributed by atoms with E-state index in [0.717, 1.165) is 5.69 Å². The number of nitrogens with zero attached hydrogens (tertiary/aromatic N) is 2. The van der Waals surface area contributed by atoms with E-state index in [1.807, 2.05) is 10.8 Å². The molecule has 16 heavy (non-hydrogen) atoms. The zero-order valence-corrected chi connectivity index (χ0v) is 9.46. The Labute approximate surface area is 99.9 Å². The van der Waals surface area contributed by atoms with Crippen LogP contribution in [0.5, 0.6) is 0 Å². The molecule has 82 valence electrons. The molecule has 2 heterocycles. The lowest BCUT2D eigenvalue weighted by atomic mass is 10.4. The number of aromatic nitrogens is 1. The van der Waals surface area contributed by atoms with Crippen molar-refractivity contribution in [3.05, 3.63) is 44.2 Å². The third-order valence-electron chi connectivity index (χ3n) is 1.82. The molecule has 0 unspecified atom stereocenters. The Bertz CT molecular complexity index is 515. The molecule has 0 amide bonds. The first-order valence-corrected chi connectivity index (χ1v) is 5.59. The summed E-state index contributed by atoms with van der Waals surface area (Å²) < 4.78 is 0. The Balaban J connectivity index is 2.38. The molecule has 5 nitrogen and oxygen atoms in total. The van der Waals surface area contributed by atoms with E-state index in [9.17, 15) is 10.1 Å². The molecule has 7 heteroatoms. The van der Waals surface area contributed by atoms with E-state index < -0.39 is 4.92 Å². The minimum atomic E-state index is -0.502. The van der Waals surface area contributed by atoms with Crippen molar-refractivity contribution >= 4 is 40.1 Å². The number of thiophene rings is 1. The largest absolute Gasteiger partial charge is 0.334 e. The maximum atomic E-state index is 10.7. The summed E-state index contributed by atoms with van der Waals surface area (Å²) in [6.07, 6.45) is 0. The molecular weight excluding hydrogens is 250 g/mol. The summed E-state index contributed by atoms with van der Waals surface area (Å²) in [4.78, 5) is 14.1. The third kappa shape index (κ3) is 2.29. The number of anilines is 2. The summed E-state index contributed by atoms with van der Waals surface area (Å²) in [7, 11) is 0. The van der Waals surface area contributed by atoms with Gasteiger partial charge in [-0.05, 0) is 17.5 Å². The minimum absolute atomic E-state index is 0.101. The van der Waals surface area contributed by atoms with Crippen LogP contribution in [-0.2, 0) is 0 Å². The third-order valence-corrected chi connectivity index (χ3v) is 2.71. The molecule has 0 aromatic carbocycles. The van der Waals surface area contributed by atoms with Gasteiger partial charge in [-0.1, -0.05) is 11.6 Å². The Morgan fingerprint density at radius 3 is 2.88 bits per heavy atom. The van der Waals surface area contributed by atoms with E-state index >= 15 is 0 Å². The van der Waals surface area contributed by atoms with Gasteiger partial charge in [-0.25, -0.2) is 4.98 Å².